The number of aliphatic hydroxyl groups is 6. The van der Waals surface area contributed by atoms with Crippen molar-refractivity contribution < 1.29 is 54.3 Å². The summed E-state index contributed by atoms with van der Waals surface area (Å²) < 4.78 is 25.9. The zero-order valence-corrected chi connectivity index (χ0v) is 14.0. The van der Waals surface area contributed by atoms with Crippen LogP contribution in [0.2, 0.25) is 0 Å². The maximum atomic E-state index is 10.5. The monoisotopic (exact) mass is 370 g/mol. The first-order chi connectivity index (χ1) is 11.8. The first-order valence-electron chi connectivity index (χ1n) is 7.81. The smallest absolute Gasteiger partial charge is 0.219 e. The van der Waals surface area contributed by atoms with E-state index in [1.54, 1.807) is 0 Å². The second-order valence-corrected chi connectivity index (χ2v) is 6.11. The van der Waals surface area contributed by atoms with Gasteiger partial charge in [-0.05, 0) is 0 Å². The van der Waals surface area contributed by atoms with Crippen LogP contribution in [0.4, 0.5) is 0 Å². The molecule has 148 valence electrons. The summed E-state index contributed by atoms with van der Waals surface area (Å²) in [5.41, 5.74) is 0. The first-order valence-corrected chi connectivity index (χ1v) is 7.81. The molecule has 0 spiro atoms. The lowest BCUT2D eigenvalue weighted by Gasteiger charge is -2.48. The summed E-state index contributed by atoms with van der Waals surface area (Å²) in [7, 11) is 2.66. The van der Waals surface area contributed by atoms with E-state index in [0.29, 0.717) is 0 Å². The van der Waals surface area contributed by atoms with Crippen molar-refractivity contribution in [2.75, 3.05) is 34.0 Å². The van der Waals surface area contributed by atoms with E-state index in [9.17, 15) is 25.5 Å². The Morgan fingerprint density at radius 2 is 1.72 bits per heavy atom. The summed E-state index contributed by atoms with van der Waals surface area (Å²) in [5.74, 6) is -2.40. The third-order valence-corrected chi connectivity index (χ3v) is 4.39. The van der Waals surface area contributed by atoms with Crippen molar-refractivity contribution in [3.63, 3.8) is 0 Å². The highest BCUT2D eigenvalue weighted by Crippen LogP contribution is 2.32. The van der Waals surface area contributed by atoms with E-state index < -0.39 is 68.0 Å². The predicted molar refractivity (Wildman–Crippen MR) is 78.2 cm³/mol. The van der Waals surface area contributed by atoms with Gasteiger partial charge in [-0.1, -0.05) is 0 Å². The third-order valence-electron chi connectivity index (χ3n) is 4.39. The molecule has 2 aliphatic rings. The van der Waals surface area contributed by atoms with Gasteiger partial charge in [0.25, 0.3) is 0 Å². The highest BCUT2D eigenvalue weighted by Gasteiger charge is 2.54. The second kappa shape index (κ2) is 8.50. The minimum atomic E-state index is -2.40. The number of hydrogen-bond donors (Lipinski definition) is 6. The predicted octanol–water partition coefficient (Wildman–Crippen LogP) is -4.09. The minimum Gasteiger partial charge on any atom is -0.394 e. The third kappa shape index (κ3) is 4.12. The zero-order chi connectivity index (χ0) is 18.8. The molecule has 11 nitrogen and oxygen atoms in total. The first kappa shape index (κ1) is 20.9. The molecule has 0 unspecified atom stereocenters. The van der Waals surface area contributed by atoms with Crippen molar-refractivity contribution in [3.8, 4) is 0 Å². The molecule has 0 saturated carbocycles. The van der Waals surface area contributed by atoms with Crippen molar-refractivity contribution in [1.29, 1.82) is 0 Å². The van der Waals surface area contributed by atoms with E-state index in [1.807, 2.05) is 0 Å². The minimum absolute atomic E-state index is 0.0663. The molecule has 0 radical (unpaired) electrons. The van der Waals surface area contributed by atoms with Crippen LogP contribution in [0.15, 0.2) is 0 Å². The highest BCUT2D eigenvalue weighted by molar-refractivity contribution is 4.97. The Kier molecular flexibility index (Phi) is 7.09. The molecule has 25 heavy (non-hydrogen) atoms. The summed E-state index contributed by atoms with van der Waals surface area (Å²) in [4.78, 5) is 0. The molecule has 0 aliphatic carbocycles. The fraction of sp³-hybridized carbons (Fsp3) is 1.00. The molecular formula is C14H26O11. The molecule has 9 atom stereocenters. The van der Waals surface area contributed by atoms with Gasteiger partial charge in [0.1, 0.15) is 49.3 Å². The maximum Gasteiger partial charge on any atom is 0.219 e. The molecule has 2 saturated heterocycles. The van der Waals surface area contributed by atoms with Crippen LogP contribution in [0.5, 0.6) is 0 Å². The van der Waals surface area contributed by atoms with Crippen LogP contribution in [-0.4, -0.2) is 119 Å². The summed E-state index contributed by atoms with van der Waals surface area (Å²) in [6.07, 6.45) is -11.0. The molecule has 2 heterocycles. The van der Waals surface area contributed by atoms with Crippen LogP contribution in [0.3, 0.4) is 0 Å². The van der Waals surface area contributed by atoms with E-state index in [4.69, 9.17) is 28.8 Å². The molecule has 6 N–H and O–H groups in total. The van der Waals surface area contributed by atoms with E-state index >= 15 is 0 Å². The van der Waals surface area contributed by atoms with Crippen molar-refractivity contribution >= 4 is 0 Å². The van der Waals surface area contributed by atoms with Crippen LogP contribution < -0.4 is 0 Å². The number of ether oxygens (including phenoxy) is 5. The Morgan fingerprint density at radius 3 is 2.28 bits per heavy atom. The van der Waals surface area contributed by atoms with Crippen LogP contribution >= 0.6 is 0 Å². The standard InChI is InChI=1S/C14H26O11/c1-21-4-7-11(9(17)10(18)13(22-2)24-7)25-14(20)5-23-6(3-15)8(16)12(14)19/h6-13,15-20H,3-5H2,1-2H3/t6-,7-,8+,9-,10+,11-,12+,13+,14+/m1/s1. The molecule has 2 aliphatic heterocycles. The van der Waals surface area contributed by atoms with Gasteiger partial charge in [0.15, 0.2) is 6.29 Å². The molecule has 0 aromatic rings. The quantitative estimate of drug-likeness (QED) is 0.252. The van der Waals surface area contributed by atoms with Gasteiger partial charge in [-0.2, -0.15) is 0 Å². The maximum absolute atomic E-state index is 10.5. The van der Waals surface area contributed by atoms with Gasteiger partial charge in [-0.25, -0.2) is 0 Å². The molecule has 2 rings (SSSR count). The molecule has 2 fully saturated rings. The van der Waals surface area contributed by atoms with Crippen LogP contribution in [0, 0.1) is 0 Å². The second-order valence-electron chi connectivity index (χ2n) is 6.11. The average Bonchev–Trinajstić information content (AvgIpc) is 2.60. The molecular weight excluding hydrogens is 344 g/mol. The Labute approximate surface area is 144 Å². The summed E-state index contributed by atoms with van der Waals surface area (Å²) in [5, 5.41) is 60.0. The van der Waals surface area contributed by atoms with Gasteiger partial charge in [0, 0.05) is 14.2 Å². The van der Waals surface area contributed by atoms with Gasteiger partial charge in [0.05, 0.1) is 13.2 Å². The van der Waals surface area contributed by atoms with Gasteiger partial charge < -0.3 is 54.3 Å². The van der Waals surface area contributed by atoms with Crippen molar-refractivity contribution in [2.45, 2.75) is 54.8 Å². The Balaban J connectivity index is 2.17. The van der Waals surface area contributed by atoms with E-state index in [1.165, 1.54) is 14.2 Å². The number of methoxy groups -OCH3 is 2. The lowest BCUT2D eigenvalue weighted by molar-refractivity contribution is -0.386. The summed E-state index contributed by atoms with van der Waals surface area (Å²) in [6.45, 7) is -1.21. The molecule has 0 aromatic carbocycles. The van der Waals surface area contributed by atoms with Crippen molar-refractivity contribution in [1.82, 2.24) is 0 Å². The van der Waals surface area contributed by atoms with Crippen molar-refractivity contribution in [2.24, 2.45) is 0 Å². The Hall–Kier alpha value is -0.440. The topological polar surface area (TPSA) is 168 Å². The normalized spacial score (nSPS) is 48.5. The molecule has 11 heteroatoms. The largest absolute Gasteiger partial charge is 0.394 e. The fourth-order valence-corrected chi connectivity index (χ4v) is 2.93. The van der Waals surface area contributed by atoms with Crippen LogP contribution in [-0.2, 0) is 23.7 Å². The molecule has 0 aromatic heterocycles. The van der Waals surface area contributed by atoms with E-state index in [2.05, 4.69) is 0 Å². The number of hydrogen-bond acceptors (Lipinski definition) is 11. The van der Waals surface area contributed by atoms with Gasteiger partial charge >= 0.3 is 0 Å². The zero-order valence-electron chi connectivity index (χ0n) is 14.0. The van der Waals surface area contributed by atoms with Gasteiger partial charge in [0.2, 0.25) is 5.79 Å². The SMILES string of the molecule is COC[C@H]1O[C@H](OC)[C@@H](O)[C@@H](O)[C@@H]1O[C@@]1(O)CO[C@H](CO)[C@H](O)[C@@H]1O. The fourth-order valence-electron chi connectivity index (χ4n) is 2.93. The lowest BCUT2D eigenvalue weighted by atomic mass is 9.94. The van der Waals surface area contributed by atoms with Crippen LogP contribution in [0.25, 0.3) is 0 Å². The summed E-state index contributed by atoms with van der Waals surface area (Å²) >= 11 is 0. The Morgan fingerprint density at radius 1 is 1.04 bits per heavy atom. The molecule has 0 amide bonds. The molecule has 0 bridgehead atoms. The average molecular weight is 370 g/mol. The lowest BCUT2D eigenvalue weighted by Crippen LogP contribution is -2.68. The Bertz CT molecular complexity index is 424. The van der Waals surface area contributed by atoms with E-state index in [-0.39, 0.29) is 6.61 Å². The highest BCUT2D eigenvalue weighted by atomic mass is 16.7. The van der Waals surface area contributed by atoms with Gasteiger partial charge in [-0.3, -0.25) is 0 Å². The van der Waals surface area contributed by atoms with Gasteiger partial charge in [-0.15, -0.1) is 0 Å². The van der Waals surface area contributed by atoms with E-state index in [0.717, 1.165) is 0 Å². The van der Waals surface area contributed by atoms with Crippen molar-refractivity contribution in [3.05, 3.63) is 0 Å². The van der Waals surface area contributed by atoms with Crippen LogP contribution in [0.1, 0.15) is 0 Å². The number of rotatable bonds is 6. The summed E-state index contributed by atoms with van der Waals surface area (Å²) in [6, 6.07) is 0. The number of aliphatic hydroxyl groups excluding tert-OH is 5.